The number of nitrogens with two attached hydrogens (primary N) is 1. The summed E-state index contributed by atoms with van der Waals surface area (Å²) in [6.07, 6.45) is 2.91. The molecule has 0 heterocycles. The van der Waals surface area contributed by atoms with Crippen LogP contribution in [0.15, 0.2) is 52.3 Å². The van der Waals surface area contributed by atoms with Gasteiger partial charge in [-0.3, -0.25) is 0 Å². The molecule has 0 fully saturated rings. The van der Waals surface area contributed by atoms with Crippen LogP contribution >= 0.6 is 0 Å². The first-order valence-corrected chi connectivity index (χ1v) is 9.03. The summed E-state index contributed by atoms with van der Waals surface area (Å²) in [5, 5.41) is 2.66. The summed E-state index contributed by atoms with van der Waals surface area (Å²) in [6, 6.07) is 11.1. The number of nitrogens with one attached hydrogen (secondary N) is 1. The van der Waals surface area contributed by atoms with Gasteiger partial charge in [0.2, 0.25) is 0 Å². The number of aryl methyl sites for hydroxylation is 1. The molecular weight excluding hydrogens is 327 g/mol. The zero-order valence-electron chi connectivity index (χ0n) is 13.1. The van der Waals surface area contributed by atoms with Gasteiger partial charge in [-0.15, -0.1) is 0 Å². The van der Waals surface area contributed by atoms with Gasteiger partial charge in [0.15, 0.2) is 0 Å². The summed E-state index contributed by atoms with van der Waals surface area (Å²) in [5.41, 5.74) is 7.45. The van der Waals surface area contributed by atoms with Crippen molar-refractivity contribution in [1.29, 1.82) is 0 Å². The molecule has 24 heavy (non-hydrogen) atoms. The van der Waals surface area contributed by atoms with E-state index in [0.717, 1.165) is 30.4 Å². The van der Waals surface area contributed by atoms with E-state index in [4.69, 9.17) is 5.73 Å². The summed E-state index contributed by atoms with van der Waals surface area (Å²) in [7, 11) is -1.41. The molecule has 0 saturated carbocycles. The number of fused-ring (bicyclic) bond motifs is 1. The molecule has 3 rings (SSSR count). The van der Waals surface area contributed by atoms with E-state index < -0.39 is 22.6 Å². The smallest absolute Gasteiger partial charge is 0.312 e. The monoisotopic (exact) mass is 346 g/mol. The van der Waals surface area contributed by atoms with Crippen LogP contribution in [0.3, 0.4) is 0 Å². The van der Waals surface area contributed by atoms with Gasteiger partial charge in [0.1, 0.15) is 5.82 Å². The highest BCUT2D eigenvalue weighted by molar-refractivity contribution is 7.85. The molecule has 0 aromatic heterocycles. The van der Waals surface area contributed by atoms with Crippen LogP contribution in [0, 0.1) is 5.82 Å². The lowest BCUT2D eigenvalue weighted by molar-refractivity contribution is 0.248. The summed E-state index contributed by atoms with van der Waals surface area (Å²) >= 11 is 0. The highest BCUT2D eigenvalue weighted by Gasteiger charge is 2.21. The largest absolute Gasteiger partial charge is 0.352 e. The van der Waals surface area contributed by atoms with Crippen LogP contribution in [0.5, 0.6) is 0 Å². The standard InChI is InChI=1S/C18H19FN2O2S/c19-14-5-2-6-15(10-14)24(23)16-7-8-17-12(9-16)3-1-4-13(17)11-21-18(20)22/h2,5-10,13H,1,3-4,11H2,(H3,20,21,22)/t13-,24?/m0/s1. The van der Waals surface area contributed by atoms with Crippen molar-refractivity contribution >= 4 is 16.8 Å². The Labute approximate surface area is 142 Å². The Hall–Kier alpha value is -2.21. The normalized spacial score (nSPS) is 17.8. The molecule has 4 nitrogen and oxygen atoms in total. The molecule has 2 aromatic carbocycles. The van der Waals surface area contributed by atoms with Crippen molar-refractivity contribution in [2.75, 3.05) is 6.54 Å². The van der Waals surface area contributed by atoms with E-state index in [9.17, 15) is 13.4 Å². The molecule has 1 aliphatic rings. The first-order valence-electron chi connectivity index (χ1n) is 7.88. The third-order valence-corrected chi connectivity index (χ3v) is 5.66. The van der Waals surface area contributed by atoms with Gasteiger partial charge in [-0.2, -0.15) is 0 Å². The third kappa shape index (κ3) is 3.64. The molecule has 1 unspecified atom stereocenters. The fourth-order valence-electron chi connectivity index (χ4n) is 3.16. The van der Waals surface area contributed by atoms with Crippen molar-refractivity contribution in [3.8, 4) is 0 Å². The number of urea groups is 1. The Morgan fingerprint density at radius 2 is 2.04 bits per heavy atom. The van der Waals surface area contributed by atoms with Gasteiger partial charge in [0.25, 0.3) is 0 Å². The molecule has 0 bridgehead atoms. The van der Waals surface area contributed by atoms with E-state index in [1.807, 2.05) is 18.2 Å². The SMILES string of the molecule is NC(=O)NC[C@@H]1CCCc2cc(S(=O)c3cccc(F)c3)ccc21. The van der Waals surface area contributed by atoms with E-state index in [1.54, 1.807) is 12.1 Å². The highest BCUT2D eigenvalue weighted by atomic mass is 32.2. The summed E-state index contributed by atoms with van der Waals surface area (Å²) < 4.78 is 26.0. The molecular formula is C18H19FN2O2S. The molecule has 2 aromatic rings. The predicted molar refractivity (Wildman–Crippen MR) is 90.8 cm³/mol. The maximum Gasteiger partial charge on any atom is 0.312 e. The number of primary amides is 1. The van der Waals surface area contributed by atoms with Crippen LogP contribution < -0.4 is 11.1 Å². The lowest BCUT2D eigenvalue weighted by Gasteiger charge is -2.26. The minimum absolute atomic E-state index is 0.220. The number of hydrogen-bond acceptors (Lipinski definition) is 2. The Morgan fingerprint density at radius 1 is 1.25 bits per heavy atom. The van der Waals surface area contributed by atoms with E-state index in [2.05, 4.69) is 5.32 Å². The lowest BCUT2D eigenvalue weighted by Crippen LogP contribution is -2.33. The number of carbonyl (C=O) groups is 1. The molecule has 3 N–H and O–H groups in total. The van der Waals surface area contributed by atoms with Gasteiger partial charge >= 0.3 is 6.03 Å². The minimum Gasteiger partial charge on any atom is -0.352 e. The van der Waals surface area contributed by atoms with Crippen molar-refractivity contribution in [2.45, 2.75) is 35.0 Å². The second-order valence-corrected chi connectivity index (χ2v) is 7.40. The van der Waals surface area contributed by atoms with Crippen LogP contribution in [-0.2, 0) is 17.2 Å². The second kappa shape index (κ2) is 7.13. The molecule has 0 saturated heterocycles. The van der Waals surface area contributed by atoms with Crippen LogP contribution in [0.25, 0.3) is 0 Å². The Bertz CT molecular complexity index is 794. The van der Waals surface area contributed by atoms with E-state index in [0.29, 0.717) is 16.3 Å². The first kappa shape index (κ1) is 16.6. The molecule has 0 spiro atoms. The summed E-state index contributed by atoms with van der Waals surface area (Å²) in [6.45, 7) is 0.509. The fraction of sp³-hybridized carbons (Fsp3) is 0.278. The average Bonchev–Trinajstić information content (AvgIpc) is 2.58. The zero-order valence-corrected chi connectivity index (χ0v) is 13.9. The second-order valence-electron chi connectivity index (χ2n) is 5.92. The van der Waals surface area contributed by atoms with Crippen molar-refractivity contribution in [3.63, 3.8) is 0 Å². The number of halogens is 1. The molecule has 2 atom stereocenters. The lowest BCUT2D eigenvalue weighted by atomic mass is 9.83. The van der Waals surface area contributed by atoms with Crippen LogP contribution in [0.2, 0.25) is 0 Å². The summed E-state index contributed by atoms with van der Waals surface area (Å²) in [4.78, 5) is 12.0. The van der Waals surface area contributed by atoms with Crippen LogP contribution in [-0.4, -0.2) is 16.8 Å². The first-order chi connectivity index (χ1) is 11.5. The van der Waals surface area contributed by atoms with Gasteiger partial charge < -0.3 is 11.1 Å². The summed E-state index contributed by atoms with van der Waals surface area (Å²) in [5.74, 6) is -0.172. The Morgan fingerprint density at radius 3 is 2.79 bits per heavy atom. The number of rotatable bonds is 4. The van der Waals surface area contributed by atoms with Crippen LogP contribution in [0.4, 0.5) is 9.18 Å². The van der Waals surface area contributed by atoms with Gasteiger partial charge in [0.05, 0.1) is 10.8 Å². The highest BCUT2D eigenvalue weighted by Crippen LogP contribution is 2.33. The fourth-order valence-corrected chi connectivity index (χ4v) is 4.30. The van der Waals surface area contributed by atoms with Gasteiger partial charge in [-0.1, -0.05) is 12.1 Å². The van der Waals surface area contributed by atoms with Crippen molar-refractivity contribution in [1.82, 2.24) is 5.32 Å². The molecule has 126 valence electrons. The molecule has 0 radical (unpaired) electrons. The van der Waals surface area contributed by atoms with Crippen molar-refractivity contribution < 1.29 is 13.4 Å². The van der Waals surface area contributed by atoms with Gasteiger partial charge in [-0.05, 0) is 60.7 Å². The average molecular weight is 346 g/mol. The Kier molecular flexibility index (Phi) is 4.94. The molecule has 1 aliphatic carbocycles. The minimum atomic E-state index is -1.41. The maximum atomic E-state index is 13.3. The Balaban J connectivity index is 1.85. The topological polar surface area (TPSA) is 72.2 Å². The third-order valence-electron chi connectivity index (χ3n) is 4.30. The quantitative estimate of drug-likeness (QED) is 0.893. The van der Waals surface area contributed by atoms with E-state index in [1.165, 1.54) is 12.1 Å². The molecule has 6 heteroatoms. The number of benzene rings is 2. The van der Waals surface area contributed by atoms with E-state index >= 15 is 0 Å². The maximum absolute atomic E-state index is 13.3. The zero-order chi connectivity index (χ0) is 17.1. The number of amides is 2. The van der Waals surface area contributed by atoms with Crippen LogP contribution in [0.1, 0.15) is 29.9 Å². The molecule has 2 amide bonds. The van der Waals surface area contributed by atoms with Crippen molar-refractivity contribution in [2.24, 2.45) is 5.73 Å². The number of carbonyl (C=O) groups excluding carboxylic acids is 1. The van der Waals surface area contributed by atoms with Crippen molar-refractivity contribution in [3.05, 3.63) is 59.4 Å². The predicted octanol–water partition coefficient (Wildman–Crippen LogP) is 3.08. The number of hydrogen-bond donors (Lipinski definition) is 2. The van der Waals surface area contributed by atoms with Gasteiger partial charge in [-0.25, -0.2) is 13.4 Å². The molecule has 0 aliphatic heterocycles. The van der Waals surface area contributed by atoms with Gasteiger partial charge in [0, 0.05) is 22.3 Å². The van der Waals surface area contributed by atoms with E-state index in [-0.39, 0.29) is 5.92 Å².